The van der Waals surface area contributed by atoms with Gasteiger partial charge in [-0.05, 0) is 51.4 Å². The summed E-state index contributed by atoms with van der Waals surface area (Å²) in [5, 5.41) is 0.0178. The topological polar surface area (TPSA) is 18.5 Å². The molecule has 1 atom stereocenters. The molecule has 0 aromatic heterocycles. The van der Waals surface area contributed by atoms with Gasteiger partial charge in [-0.3, -0.25) is 0 Å². The van der Waals surface area contributed by atoms with Gasteiger partial charge in [0.25, 0.3) is 0 Å². The van der Waals surface area contributed by atoms with E-state index in [1.165, 1.54) is 25.7 Å². The van der Waals surface area contributed by atoms with Crippen LogP contribution in [0, 0.1) is 0 Å². The van der Waals surface area contributed by atoms with Gasteiger partial charge >= 0.3 is 0 Å². The number of hydrogen-bond donors (Lipinski definition) is 0. The molecule has 1 rings (SSSR count). The van der Waals surface area contributed by atoms with Crippen LogP contribution in [0.1, 0.15) is 25.7 Å². The van der Waals surface area contributed by atoms with Crippen LogP contribution in [0.4, 0.5) is 0 Å². The maximum Gasteiger partial charge on any atom is 0.176 e. The van der Waals surface area contributed by atoms with E-state index in [1.807, 2.05) is 6.82 Å². The van der Waals surface area contributed by atoms with Crippen LogP contribution < -0.4 is 0 Å². The van der Waals surface area contributed by atoms with Crippen molar-refractivity contribution in [1.82, 2.24) is 0 Å². The van der Waals surface area contributed by atoms with Crippen molar-refractivity contribution >= 4 is 104 Å². The summed E-state index contributed by atoms with van der Waals surface area (Å²) in [6, 6.07) is 0. The Labute approximate surface area is 213 Å². The summed E-state index contributed by atoms with van der Waals surface area (Å²) in [5.74, 6) is 0. The van der Waals surface area contributed by atoms with Crippen LogP contribution >= 0.6 is 0 Å². The molecular formula is C16H40B10O2Si4. The highest BCUT2D eigenvalue weighted by Crippen LogP contribution is 2.42. The highest BCUT2D eigenvalue weighted by Gasteiger charge is 2.56. The van der Waals surface area contributed by atoms with Crippen molar-refractivity contribution in [3.05, 3.63) is 0 Å². The predicted molar refractivity (Wildman–Crippen MR) is 167 cm³/mol. The third-order valence-electron chi connectivity index (χ3n) is 7.31. The van der Waals surface area contributed by atoms with E-state index >= 15 is 0 Å². The summed E-state index contributed by atoms with van der Waals surface area (Å²) in [4.78, 5) is 0. The fraction of sp³-hybridized carbons (Fsp3) is 1.00. The minimum atomic E-state index is -2.39. The van der Waals surface area contributed by atoms with E-state index in [-0.39, 0.29) is 24.5 Å². The lowest BCUT2D eigenvalue weighted by molar-refractivity contribution is 0.530. The van der Waals surface area contributed by atoms with Crippen LogP contribution in [-0.4, -0.2) is 104 Å². The number of rotatable bonds is 12. The molecule has 0 aromatic carbocycles. The first-order valence-electron chi connectivity index (χ1n) is 12.4. The third kappa shape index (κ3) is 8.53. The average molecular weight is 485 g/mol. The van der Waals surface area contributed by atoms with Crippen molar-refractivity contribution in [2.24, 2.45) is 0 Å². The van der Waals surface area contributed by atoms with Crippen molar-refractivity contribution in [2.75, 3.05) is 0 Å². The quantitative estimate of drug-likeness (QED) is 0.396. The van der Waals surface area contributed by atoms with E-state index in [4.69, 9.17) is 46.9 Å². The second-order valence-electron chi connectivity index (χ2n) is 12.8. The van der Waals surface area contributed by atoms with Gasteiger partial charge in [0.1, 0.15) is 14.4 Å². The Morgan fingerprint density at radius 3 is 1.56 bits per heavy atom. The maximum atomic E-state index is 7.22. The molecule has 162 valence electrons. The van der Waals surface area contributed by atoms with Crippen molar-refractivity contribution in [1.29, 1.82) is 0 Å². The van der Waals surface area contributed by atoms with E-state index < -0.39 is 45.9 Å². The van der Waals surface area contributed by atoms with E-state index in [9.17, 15) is 0 Å². The molecule has 1 aliphatic rings. The van der Waals surface area contributed by atoms with Crippen LogP contribution in [0.5, 0.6) is 0 Å². The zero-order valence-corrected chi connectivity index (χ0v) is 26.6. The summed E-state index contributed by atoms with van der Waals surface area (Å²) in [7, 11) is 24.0. The summed E-state index contributed by atoms with van der Waals surface area (Å²) >= 11 is 0. The summed E-state index contributed by atoms with van der Waals surface area (Å²) < 4.78 is 14.1. The molecule has 1 unspecified atom stereocenters. The Hall–Kier alpha value is 1.44. The molecule has 0 aliphatic heterocycles. The van der Waals surface area contributed by atoms with E-state index in [1.54, 1.807) is 0 Å². The molecule has 0 aromatic rings. The second kappa shape index (κ2) is 11.7. The Bertz CT molecular complexity index is 590. The Kier molecular flexibility index (Phi) is 11.5. The molecule has 0 bridgehead atoms. The molecule has 0 N–H and O–H groups in total. The lowest BCUT2D eigenvalue weighted by Gasteiger charge is -2.53. The Morgan fingerprint density at radius 1 is 0.750 bits per heavy atom. The summed E-state index contributed by atoms with van der Waals surface area (Å²) in [6.45, 7) is 22.2. The predicted octanol–water partition coefficient (Wildman–Crippen LogP) is 2.61. The van der Waals surface area contributed by atoms with E-state index in [0.29, 0.717) is 5.54 Å². The van der Waals surface area contributed by atoms with E-state index in [0.717, 1.165) is 0 Å². The number of hydrogen-bond acceptors (Lipinski definition) is 2. The van der Waals surface area contributed by atoms with Crippen molar-refractivity contribution in [3.63, 3.8) is 0 Å². The molecule has 0 amide bonds. The highest BCUT2D eigenvalue weighted by molar-refractivity contribution is 7.83. The Balaban J connectivity index is 3.54. The van der Waals surface area contributed by atoms with Gasteiger partial charge in [-0.1, -0.05) is 44.1 Å². The van der Waals surface area contributed by atoms with Gasteiger partial charge in [0.05, 0.1) is 0 Å². The minimum Gasteiger partial charge on any atom is -0.462 e. The molecule has 32 heavy (non-hydrogen) atoms. The summed E-state index contributed by atoms with van der Waals surface area (Å²) in [6.07, 6.45) is 4.04. The van der Waals surface area contributed by atoms with Crippen molar-refractivity contribution in [3.8, 4) is 0 Å². The fourth-order valence-corrected chi connectivity index (χ4v) is 28.7. The molecule has 0 saturated heterocycles. The molecule has 0 spiro atoms. The molecule has 1 fully saturated rings. The van der Waals surface area contributed by atoms with Gasteiger partial charge in [0.2, 0.25) is 0 Å². The highest BCUT2D eigenvalue weighted by atomic mass is 28.4. The van der Waals surface area contributed by atoms with Crippen molar-refractivity contribution < 1.29 is 8.23 Å². The van der Waals surface area contributed by atoms with Gasteiger partial charge in [0, 0.05) is 64.4 Å². The zero-order valence-electron chi connectivity index (χ0n) is 22.6. The average Bonchev–Trinajstić information content (AvgIpc) is 3.04. The first-order valence-corrected chi connectivity index (χ1v) is 24.8. The SMILES string of the molecule is [B]B([B])B(B([B])C)C(B(B([B])[B])[Si](C)(C)O[Si](C)(C)C1CCCC1)[Si](C)(C)O[Si](C)(C)C. The monoisotopic (exact) mass is 486 g/mol. The molecular weight excluding hydrogens is 445 g/mol. The second-order valence-corrected chi connectivity index (χ2v) is 30.4. The zero-order chi connectivity index (χ0) is 25.3. The third-order valence-corrected chi connectivity index (χ3v) is 23.6. The van der Waals surface area contributed by atoms with Crippen LogP contribution in [0.2, 0.25) is 76.6 Å². The van der Waals surface area contributed by atoms with E-state index in [2.05, 4.69) is 58.9 Å². The smallest absolute Gasteiger partial charge is 0.176 e. The fourth-order valence-electron chi connectivity index (χ4n) is 6.50. The lowest BCUT2D eigenvalue weighted by atomic mass is 8.73. The van der Waals surface area contributed by atoms with Crippen molar-refractivity contribution in [2.45, 2.75) is 102 Å². The molecule has 1 aliphatic carbocycles. The van der Waals surface area contributed by atoms with Gasteiger partial charge in [-0.15, -0.1) is 6.82 Å². The molecule has 1 saturated carbocycles. The standard InChI is InChI=1S/C16H40B10O2Si4/c1-22(17)23(25(18)19)16(31(7,8)27-29(2,3)4)24(26(20)21)32(9,10)28-30(5,6)15-13-11-12-14-15/h15-16H,11-14H2,1-10H3. The Morgan fingerprint density at radius 2 is 1.22 bits per heavy atom. The van der Waals surface area contributed by atoms with Gasteiger partial charge < -0.3 is 8.23 Å². The minimum absolute atomic E-state index is 0.0178. The van der Waals surface area contributed by atoms with Crippen LogP contribution in [-0.2, 0) is 8.23 Å². The largest absolute Gasteiger partial charge is 0.462 e. The molecule has 10 radical (unpaired) electrons. The van der Waals surface area contributed by atoms with Crippen LogP contribution in [0.25, 0.3) is 0 Å². The lowest BCUT2D eigenvalue weighted by Crippen LogP contribution is -2.74. The maximum absolute atomic E-state index is 7.22. The molecule has 0 heterocycles. The van der Waals surface area contributed by atoms with Crippen LogP contribution in [0.3, 0.4) is 0 Å². The first kappa shape index (κ1) is 31.5. The normalized spacial score (nSPS) is 17.2. The molecule has 2 nitrogen and oxygen atoms in total. The van der Waals surface area contributed by atoms with Gasteiger partial charge in [-0.2, -0.15) is 0 Å². The first-order chi connectivity index (χ1) is 14.2. The van der Waals surface area contributed by atoms with Crippen LogP contribution in [0.15, 0.2) is 0 Å². The van der Waals surface area contributed by atoms with Gasteiger partial charge in [-0.25, -0.2) is 0 Å². The molecule has 16 heteroatoms. The van der Waals surface area contributed by atoms with Gasteiger partial charge in [0.15, 0.2) is 25.0 Å². The summed E-state index contributed by atoms with van der Waals surface area (Å²) in [5.41, 5.74) is 0.701.